The third-order valence-electron chi connectivity index (χ3n) is 3.91. The van der Waals surface area contributed by atoms with E-state index in [2.05, 4.69) is 23.5 Å². The number of nitrogens with one attached hydrogen (secondary N) is 1. The monoisotopic (exact) mass is 267 g/mol. The maximum absolute atomic E-state index is 11.1. The summed E-state index contributed by atoms with van der Waals surface area (Å²) in [6.45, 7) is 3.76. The highest BCUT2D eigenvalue weighted by atomic mass is 16.4. The Morgan fingerprint density at radius 2 is 2.10 bits per heavy atom. The van der Waals surface area contributed by atoms with Crippen molar-refractivity contribution in [1.82, 2.24) is 5.32 Å². The molecule has 3 heteroatoms. The Morgan fingerprint density at radius 1 is 1.25 bits per heavy atom. The lowest BCUT2D eigenvalue weighted by Crippen LogP contribution is -2.24. The molecular weight excluding hydrogens is 250 g/mol. The van der Waals surface area contributed by atoms with Crippen LogP contribution < -0.4 is 5.32 Å². The minimum Gasteiger partial charge on any atom is -0.478 e. The molecule has 1 aliphatic heterocycles. The Labute approximate surface area is 118 Å². The van der Waals surface area contributed by atoms with E-state index in [4.69, 9.17) is 5.11 Å². The molecule has 0 atom stereocenters. The number of benzene rings is 2. The number of rotatable bonds is 2. The van der Waals surface area contributed by atoms with Crippen molar-refractivity contribution in [2.45, 2.75) is 19.9 Å². The molecule has 0 amide bonds. The Hall–Kier alpha value is -2.13. The largest absolute Gasteiger partial charge is 0.478 e. The standard InChI is InChI=1S/C17H17NO2/c1-11-9-12(5-6-14(11)17(19)20)15-4-2-3-13-10-18-8-7-16(13)15/h2-6,9,18H,7-8,10H2,1H3,(H,19,20). The minimum atomic E-state index is -0.867. The third kappa shape index (κ3) is 2.21. The molecule has 0 aromatic heterocycles. The van der Waals surface area contributed by atoms with E-state index in [1.165, 1.54) is 16.7 Å². The van der Waals surface area contributed by atoms with Crippen LogP contribution >= 0.6 is 0 Å². The van der Waals surface area contributed by atoms with Crippen molar-refractivity contribution in [2.24, 2.45) is 0 Å². The summed E-state index contributed by atoms with van der Waals surface area (Å²) in [5.74, 6) is -0.867. The molecule has 3 nitrogen and oxygen atoms in total. The van der Waals surface area contributed by atoms with Crippen LogP contribution in [-0.2, 0) is 13.0 Å². The van der Waals surface area contributed by atoms with E-state index in [0.717, 1.165) is 30.6 Å². The van der Waals surface area contributed by atoms with Crippen LogP contribution in [0, 0.1) is 6.92 Å². The van der Waals surface area contributed by atoms with Gasteiger partial charge in [0.15, 0.2) is 0 Å². The summed E-state index contributed by atoms with van der Waals surface area (Å²) < 4.78 is 0. The van der Waals surface area contributed by atoms with Crippen molar-refractivity contribution >= 4 is 5.97 Å². The fraction of sp³-hybridized carbons (Fsp3) is 0.235. The molecule has 3 rings (SSSR count). The van der Waals surface area contributed by atoms with Crippen LogP contribution in [0.2, 0.25) is 0 Å². The highest BCUT2D eigenvalue weighted by molar-refractivity contribution is 5.90. The Kier molecular flexibility index (Phi) is 3.28. The van der Waals surface area contributed by atoms with Crippen LogP contribution in [0.25, 0.3) is 11.1 Å². The Balaban J connectivity index is 2.10. The van der Waals surface area contributed by atoms with Gasteiger partial charge in [-0.15, -0.1) is 0 Å². The van der Waals surface area contributed by atoms with Gasteiger partial charge in [-0.25, -0.2) is 4.79 Å². The molecule has 102 valence electrons. The van der Waals surface area contributed by atoms with Crippen LogP contribution in [0.1, 0.15) is 27.0 Å². The summed E-state index contributed by atoms with van der Waals surface area (Å²) >= 11 is 0. The average Bonchev–Trinajstić information content (AvgIpc) is 2.46. The number of fused-ring (bicyclic) bond motifs is 1. The molecule has 0 fully saturated rings. The predicted molar refractivity (Wildman–Crippen MR) is 79.0 cm³/mol. The second-order valence-electron chi connectivity index (χ2n) is 5.20. The number of hydrogen-bond donors (Lipinski definition) is 2. The molecule has 0 spiro atoms. The number of aryl methyl sites for hydroxylation is 1. The zero-order chi connectivity index (χ0) is 14.1. The molecule has 20 heavy (non-hydrogen) atoms. The van der Waals surface area contributed by atoms with Crippen LogP contribution in [0.4, 0.5) is 0 Å². The van der Waals surface area contributed by atoms with Crippen molar-refractivity contribution in [1.29, 1.82) is 0 Å². The molecule has 0 unspecified atom stereocenters. The summed E-state index contributed by atoms with van der Waals surface area (Å²) in [5.41, 5.74) is 6.24. The first-order valence-electron chi connectivity index (χ1n) is 6.82. The van der Waals surface area contributed by atoms with Gasteiger partial charge >= 0.3 is 5.97 Å². The zero-order valence-corrected chi connectivity index (χ0v) is 11.4. The first kappa shape index (κ1) is 12.9. The maximum atomic E-state index is 11.1. The van der Waals surface area contributed by atoms with E-state index in [1.807, 2.05) is 19.1 Å². The Bertz CT molecular complexity index is 677. The molecule has 0 saturated carbocycles. The van der Waals surface area contributed by atoms with Gasteiger partial charge in [-0.05, 0) is 53.8 Å². The van der Waals surface area contributed by atoms with Crippen molar-refractivity contribution in [3.8, 4) is 11.1 Å². The molecule has 2 aromatic rings. The smallest absolute Gasteiger partial charge is 0.335 e. The van der Waals surface area contributed by atoms with Gasteiger partial charge in [0.25, 0.3) is 0 Å². The summed E-state index contributed by atoms with van der Waals surface area (Å²) in [7, 11) is 0. The molecule has 0 saturated heterocycles. The van der Waals surface area contributed by atoms with Gasteiger partial charge in [0.1, 0.15) is 0 Å². The van der Waals surface area contributed by atoms with Crippen LogP contribution in [-0.4, -0.2) is 17.6 Å². The van der Waals surface area contributed by atoms with Crippen molar-refractivity contribution < 1.29 is 9.90 Å². The quantitative estimate of drug-likeness (QED) is 0.879. The van der Waals surface area contributed by atoms with Gasteiger partial charge in [0, 0.05) is 6.54 Å². The molecule has 1 aliphatic rings. The Morgan fingerprint density at radius 3 is 2.85 bits per heavy atom. The van der Waals surface area contributed by atoms with Gasteiger partial charge in [0.2, 0.25) is 0 Å². The number of carboxylic acids is 1. The summed E-state index contributed by atoms with van der Waals surface area (Å²) in [4.78, 5) is 11.1. The normalized spacial score (nSPS) is 13.8. The lowest BCUT2D eigenvalue weighted by atomic mass is 9.90. The van der Waals surface area contributed by atoms with Crippen molar-refractivity contribution in [2.75, 3.05) is 6.54 Å². The fourth-order valence-electron chi connectivity index (χ4n) is 2.87. The van der Waals surface area contributed by atoms with E-state index in [1.54, 1.807) is 6.07 Å². The SMILES string of the molecule is Cc1cc(-c2cccc3c2CCNC3)ccc1C(=O)O. The molecule has 2 N–H and O–H groups in total. The van der Waals surface area contributed by atoms with Crippen LogP contribution in [0.5, 0.6) is 0 Å². The lowest BCUT2D eigenvalue weighted by molar-refractivity contribution is 0.0696. The molecule has 0 bridgehead atoms. The molecule has 1 heterocycles. The second kappa shape index (κ2) is 5.10. The minimum absolute atomic E-state index is 0.375. The molecular formula is C17H17NO2. The average molecular weight is 267 g/mol. The van der Waals surface area contributed by atoms with Gasteiger partial charge in [-0.2, -0.15) is 0 Å². The first-order valence-corrected chi connectivity index (χ1v) is 6.82. The van der Waals surface area contributed by atoms with E-state index < -0.39 is 5.97 Å². The fourth-order valence-corrected chi connectivity index (χ4v) is 2.87. The lowest BCUT2D eigenvalue weighted by Gasteiger charge is -2.20. The number of aromatic carboxylic acids is 1. The van der Waals surface area contributed by atoms with E-state index >= 15 is 0 Å². The van der Waals surface area contributed by atoms with Crippen molar-refractivity contribution in [3.63, 3.8) is 0 Å². The topological polar surface area (TPSA) is 49.3 Å². The van der Waals surface area contributed by atoms with Crippen molar-refractivity contribution in [3.05, 3.63) is 58.7 Å². The predicted octanol–water partition coefficient (Wildman–Crippen LogP) is 3.01. The van der Waals surface area contributed by atoms with Crippen LogP contribution in [0.15, 0.2) is 36.4 Å². The van der Waals surface area contributed by atoms with Gasteiger partial charge in [0.05, 0.1) is 5.56 Å². The van der Waals surface area contributed by atoms with E-state index in [-0.39, 0.29) is 0 Å². The number of carbonyl (C=O) groups is 1. The summed E-state index contributed by atoms with van der Waals surface area (Å²) in [6.07, 6.45) is 1.02. The summed E-state index contributed by atoms with van der Waals surface area (Å²) in [5, 5.41) is 12.5. The first-order chi connectivity index (χ1) is 9.66. The molecule has 0 aliphatic carbocycles. The zero-order valence-electron chi connectivity index (χ0n) is 11.4. The highest BCUT2D eigenvalue weighted by Crippen LogP contribution is 2.29. The maximum Gasteiger partial charge on any atom is 0.335 e. The van der Waals surface area contributed by atoms with Gasteiger partial charge in [-0.3, -0.25) is 0 Å². The van der Waals surface area contributed by atoms with Gasteiger partial charge < -0.3 is 10.4 Å². The summed E-state index contributed by atoms with van der Waals surface area (Å²) in [6, 6.07) is 11.9. The number of hydrogen-bond acceptors (Lipinski definition) is 2. The second-order valence-corrected chi connectivity index (χ2v) is 5.20. The molecule has 0 radical (unpaired) electrons. The third-order valence-corrected chi connectivity index (χ3v) is 3.91. The highest BCUT2D eigenvalue weighted by Gasteiger charge is 2.15. The van der Waals surface area contributed by atoms with E-state index in [9.17, 15) is 4.79 Å². The number of carboxylic acid groups (broad SMARTS) is 1. The van der Waals surface area contributed by atoms with Gasteiger partial charge in [-0.1, -0.05) is 30.3 Å². The van der Waals surface area contributed by atoms with E-state index in [0.29, 0.717) is 5.56 Å². The molecule has 2 aromatic carbocycles. The van der Waals surface area contributed by atoms with Crippen LogP contribution in [0.3, 0.4) is 0 Å².